The van der Waals surface area contributed by atoms with Crippen molar-refractivity contribution in [1.82, 2.24) is 14.5 Å². The average molecular weight is 420 g/mol. The molecule has 0 saturated heterocycles. The van der Waals surface area contributed by atoms with Crippen LogP contribution >= 0.6 is 11.3 Å². The molecular formula is C21H16N4O4S. The normalized spacial score (nSPS) is 10.7. The molecular weight excluding hydrogens is 404 g/mol. The van der Waals surface area contributed by atoms with Crippen molar-refractivity contribution in [3.63, 3.8) is 0 Å². The Bertz CT molecular complexity index is 1260. The Morgan fingerprint density at radius 3 is 2.63 bits per heavy atom. The van der Waals surface area contributed by atoms with Crippen LogP contribution in [0.3, 0.4) is 0 Å². The molecule has 0 bridgehead atoms. The van der Waals surface area contributed by atoms with Crippen molar-refractivity contribution in [1.29, 1.82) is 0 Å². The van der Waals surface area contributed by atoms with Gasteiger partial charge in [-0.25, -0.2) is 4.98 Å². The van der Waals surface area contributed by atoms with Crippen molar-refractivity contribution in [2.24, 2.45) is 0 Å². The molecule has 0 spiro atoms. The summed E-state index contributed by atoms with van der Waals surface area (Å²) in [5.74, 6) is -0.355. The summed E-state index contributed by atoms with van der Waals surface area (Å²) in [4.78, 5) is 46.3. The monoisotopic (exact) mass is 420 g/mol. The number of carbonyl (C=O) groups excluding carboxylic acids is 2. The molecule has 0 aromatic carbocycles. The van der Waals surface area contributed by atoms with E-state index >= 15 is 0 Å². The third-order valence-corrected chi connectivity index (χ3v) is 5.32. The van der Waals surface area contributed by atoms with E-state index in [1.165, 1.54) is 29.3 Å². The maximum absolute atomic E-state index is 13.1. The first-order valence-electron chi connectivity index (χ1n) is 9.08. The fourth-order valence-electron chi connectivity index (χ4n) is 2.82. The van der Waals surface area contributed by atoms with Gasteiger partial charge in [0.15, 0.2) is 10.9 Å². The van der Waals surface area contributed by atoms with E-state index in [0.29, 0.717) is 23.6 Å². The number of thiazole rings is 1. The number of anilines is 1. The first kappa shape index (κ1) is 19.5. The van der Waals surface area contributed by atoms with E-state index < -0.39 is 0 Å². The average Bonchev–Trinajstić information content (AvgIpc) is 3.43. The van der Waals surface area contributed by atoms with Crippen LogP contribution < -0.4 is 10.9 Å². The summed E-state index contributed by atoms with van der Waals surface area (Å²) >= 11 is 1.02. The van der Waals surface area contributed by atoms with Gasteiger partial charge in [0.05, 0.1) is 6.26 Å². The number of rotatable bonds is 6. The number of nitrogens with one attached hydrogen (secondary N) is 1. The number of ketones is 1. The number of carbonyl (C=O) groups is 2. The van der Waals surface area contributed by atoms with Crippen molar-refractivity contribution in [2.75, 3.05) is 5.32 Å². The van der Waals surface area contributed by atoms with Gasteiger partial charge in [0.25, 0.3) is 11.5 Å². The van der Waals surface area contributed by atoms with E-state index in [1.54, 1.807) is 36.5 Å². The van der Waals surface area contributed by atoms with Crippen LogP contribution in [0.1, 0.15) is 32.5 Å². The first-order chi connectivity index (χ1) is 14.6. The van der Waals surface area contributed by atoms with Gasteiger partial charge in [-0.15, -0.1) is 0 Å². The second kappa shape index (κ2) is 8.26. The fourth-order valence-corrected chi connectivity index (χ4v) is 3.75. The molecule has 0 aliphatic heterocycles. The molecule has 9 heteroatoms. The Kier molecular flexibility index (Phi) is 5.36. The Balaban J connectivity index is 1.71. The van der Waals surface area contributed by atoms with Crippen molar-refractivity contribution < 1.29 is 14.0 Å². The van der Waals surface area contributed by atoms with Crippen molar-refractivity contribution in [3.05, 3.63) is 87.6 Å². The standard InChI is InChI=1S/C21H16N4O4S/c1-2-25-10-7-14(12-16(25)26)18(27)19-17(15-4-3-11-29-15)23-21(30-19)24-20(28)13-5-8-22-9-6-13/h3-12H,2H2,1H3,(H,23,24,28). The highest BCUT2D eigenvalue weighted by molar-refractivity contribution is 7.18. The summed E-state index contributed by atoms with van der Waals surface area (Å²) in [5, 5.41) is 2.94. The third-order valence-electron chi connectivity index (χ3n) is 4.35. The summed E-state index contributed by atoms with van der Waals surface area (Å²) < 4.78 is 6.91. The second-order valence-electron chi connectivity index (χ2n) is 6.23. The molecule has 4 heterocycles. The van der Waals surface area contributed by atoms with Crippen LogP contribution in [0.5, 0.6) is 0 Å². The van der Waals surface area contributed by atoms with Crippen LogP contribution in [0.2, 0.25) is 0 Å². The predicted octanol–water partition coefficient (Wildman–Crippen LogP) is 3.46. The molecule has 150 valence electrons. The molecule has 0 aliphatic carbocycles. The van der Waals surface area contributed by atoms with Crippen molar-refractivity contribution in [2.45, 2.75) is 13.5 Å². The second-order valence-corrected chi connectivity index (χ2v) is 7.23. The molecule has 4 rings (SSSR count). The van der Waals surface area contributed by atoms with Gasteiger partial charge in [0.1, 0.15) is 10.6 Å². The largest absolute Gasteiger partial charge is 0.463 e. The lowest BCUT2D eigenvalue weighted by atomic mass is 10.1. The van der Waals surface area contributed by atoms with E-state index in [2.05, 4.69) is 15.3 Å². The molecule has 0 fully saturated rings. The first-order valence-corrected chi connectivity index (χ1v) is 9.89. The summed E-state index contributed by atoms with van der Waals surface area (Å²) in [7, 11) is 0. The summed E-state index contributed by atoms with van der Waals surface area (Å²) in [6, 6.07) is 9.40. The molecule has 0 unspecified atom stereocenters. The van der Waals surface area contributed by atoms with Crippen molar-refractivity contribution >= 4 is 28.2 Å². The highest BCUT2D eigenvalue weighted by Gasteiger charge is 2.24. The van der Waals surface area contributed by atoms with Gasteiger partial charge in [-0.1, -0.05) is 11.3 Å². The van der Waals surface area contributed by atoms with Gasteiger partial charge in [-0.05, 0) is 37.3 Å². The predicted molar refractivity (Wildman–Crippen MR) is 112 cm³/mol. The molecule has 0 saturated carbocycles. The highest BCUT2D eigenvalue weighted by atomic mass is 32.1. The van der Waals surface area contributed by atoms with Gasteiger partial charge in [-0.2, -0.15) is 0 Å². The Labute approximate surface area is 174 Å². The van der Waals surface area contributed by atoms with Gasteiger partial charge in [0.2, 0.25) is 5.78 Å². The molecule has 1 amide bonds. The third kappa shape index (κ3) is 3.83. The number of aryl methyl sites for hydroxylation is 1. The zero-order chi connectivity index (χ0) is 21.1. The van der Waals surface area contributed by atoms with Crippen LogP contribution in [-0.4, -0.2) is 26.2 Å². The van der Waals surface area contributed by atoms with E-state index in [0.717, 1.165) is 11.3 Å². The molecule has 1 N–H and O–H groups in total. The summed E-state index contributed by atoms with van der Waals surface area (Å²) in [6.07, 6.45) is 6.08. The SMILES string of the molecule is CCn1ccc(C(=O)c2sc(NC(=O)c3ccncc3)nc2-c2ccco2)cc1=O. The van der Waals surface area contributed by atoms with Gasteiger partial charge < -0.3 is 8.98 Å². The van der Waals surface area contributed by atoms with Gasteiger partial charge >= 0.3 is 0 Å². The molecule has 4 aromatic rings. The minimum atomic E-state index is -0.373. The Morgan fingerprint density at radius 2 is 1.97 bits per heavy atom. The van der Waals surface area contributed by atoms with E-state index in [4.69, 9.17) is 4.42 Å². The lowest BCUT2D eigenvalue weighted by Crippen LogP contribution is -2.19. The molecule has 0 atom stereocenters. The topological polar surface area (TPSA) is 107 Å². The van der Waals surface area contributed by atoms with E-state index in [9.17, 15) is 14.4 Å². The maximum atomic E-state index is 13.1. The smallest absolute Gasteiger partial charge is 0.257 e. The lowest BCUT2D eigenvalue weighted by molar-refractivity contribution is 0.102. The zero-order valence-corrected chi connectivity index (χ0v) is 16.7. The van der Waals surface area contributed by atoms with Crippen LogP contribution in [-0.2, 0) is 6.54 Å². The molecule has 8 nitrogen and oxygen atoms in total. The van der Waals surface area contributed by atoms with Crippen LogP contribution in [0, 0.1) is 0 Å². The molecule has 30 heavy (non-hydrogen) atoms. The number of furan rings is 1. The van der Waals surface area contributed by atoms with E-state index in [1.807, 2.05) is 6.92 Å². The zero-order valence-electron chi connectivity index (χ0n) is 15.9. The van der Waals surface area contributed by atoms with Crippen LogP contribution in [0.25, 0.3) is 11.5 Å². The number of hydrogen-bond donors (Lipinski definition) is 1. The lowest BCUT2D eigenvalue weighted by Gasteiger charge is -2.03. The number of aromatic nitrogens is 3. The minimum absolute atomic E-state index is 0.244. The quantitative estimate of drug-likeness (QED) is 0.479. The number of pyridine rings is 2. The molecule has 0 aliphatic rings. The summed E-state index contributed by atoms with van der Waals surface area (Å²) in [6.45, 7) is 2.36. The number of amides is 1. The number of hydrogen-bond acceptors (Lipinski definition) is 7. The van der Waals surface area contributed by atoms with Crippen LogP contribution in [0.15, 0.2) is 70.5 Å². The highest BCUT2D eigenvalue weighted by Crippen LogP contribution is 2.33. The minimum Gasteiger partial charge on any atom is -0.463 e. The van der Waals surface area contributed by atoms with Crippen LogP contribution in [0.4, 0.5) is 5.13 Å². The Hall–Kier alpha value is -3.85. The fraction of sp³-hybridized carbons (Fsp3) is 0.0952. The van der Waals surface area contributed by atoms with E-state index in [-0.39, 0.29) is 32.8 Å². The number of nitrogens with zero attached hydrogens (tertiary/aromatic N) is 3. The maximum Gasteiger partial charge on any atom is 0.257 e. The van der Waals surface area contributed by atoms with Crippen molar-refractivity contribution in [3.8, 4) is 11.5 Å². The Morgan fingerprint density at radius 1 is 1.17 bits per heavy atom. The summed E-state index contributed by atoms with van der Waals surface area (Å²) in [5.41, 5.74) is 0.697. The van der Waals surface area contributed by atoms with Gasteiger partial charge in [0, 0.05) is 42.3 Å². The van der Waals surface area contributed by atoms with Gasteiger partial charge in [-0.3, -0.25) is 24.7 Å². The molecule has 4 aromatic heterocycles. The molecule has 0 radical (unpaired) electrons.